The minimum Gasteiger partial charge on any atom is -0.397 e. The summed E-state index contributed by atoms with van der Waals surface area (Å²) in [6, 6.07) is 2.79. The highest BCUT2D eigenvalue weighted by Gasteiger charge is 2.20. The van der Waals surface area contributed by atoms with E-state index in [0.717, 1.165) is 0 Å². The quantitative estimate of drug-likeness (QED) is 0.446. The highest BCUT2D eigenvalue weighted by Crippen LogP contribution is 2.38. The Morgan fingerprint density at radius 3 is 2.52 bits per heavy atom. The number of nitro groups is 1. The van der Waals surface area contributed by atoms with Crippen molar-refractivity contribution in [2.24, 2.45) is 0 Å². The maximum Gasteiger partial charge on any atom is 0.290 e. The third kappa shape index (κ3) is 2.65. The van der Waals surface area contributed by atoms with Gasteiger partial charge in [0.1, 0.15) is 10.8 Å². The number of aryl methyl sites for hydroxylation is 1. The minimum atomic E-state index is -0.609. The van der Waals surface area contributed by atoms with E-state index in [-0.39, 0.29) is 28.2 Å². The van der Waals surface area contributed by atoms with Crippen molar-refractivity contribution in [3.05, 3.63) is 33.0 Å². The molecule has 1 aromatic carbocycles. The van der Waals surface area contributed by atoms with E-state index < -0.39 is 4.92 Å². The number of halogens is 1. The van der Waals surface area contributed by atoms with E-state index in [4.69, 9.17) is 28.8 Å². The molecule has 0 aliphatic heterocycles. The predicted molar refractivity (Wildman–Crippen MR) is 81.7 cm³/mol. The molecule has 0 saturated carbocycles. The molecule has 0 radical (unpaired) electrons. The van der Waals surface area contributed by atoms with E-state index in [1.165, 1.54) is 12.1 Å². The van der Waals surface area contributed by atoms with Crippen LogP contribution >= 0.6 is 11.6 Å². The highest BCUT2D eigenvalue weighted by molar-refractivity contribution is 6.35. The monoisotopic (exact) mass is 308 g/mol. The lowest BCUT2D eigenvalue weighted by atomic mass is 10.0. The van der Waals surface area contributed by atoms with Crippen LogP contribution in [0.1, 0.15) is 12.6 Å². The molecule has 8 nitrogen and oxygen atoms in total. The number of hydrogen-bond donors (Lipinski definition) is 3. The van der Waals surface area contributed by atoms with Crippen LogP contribution in [0.3, 0.4) is 0 Å². The van der Waals surface area contributed by atoms with Crippen molar-refractivity contribution in [2.75, 3.05) is 17.2 Å². The first-order chi connectivity index (χ1) is 9.85. The summed E-state index contributed by atoms with van der Waals surface area (Å²) in [4.78, 5) is 18.4. The average molecular weight is 309 g/mol. The lowest BCUT2D eigenvalue weighted by Gasteiger charge is -2.12. The van der Waals surface area contributed by atoms with Crippen molar-refractivity contribution in [2.45, 2.75) is 13.3 Å². The largest absolute Gasteiger partial charge is 0.397 e. The summed E-state index contributed by atoms with van der Waals surface area (Å²) in [6.07, 6.45) is 0.530. The Hall–Kier alpha value is -2.61. The fourth-order valence-electron chi connectivity index (χ4n) is 2.02. The Kier molecular flexibility index (Phi) is 3.81. The first-order valence-corrected chi connectivity index (χ1v) is 6.38. The lowest BCUT2D eigenvalue weighted by molar-refractivity contribution is -0.384. The number of aromatic nitrogens is 2. The second-order valence-corrected chi connectivity index (χ2v) is 4.68. The van der Waals surface area contributed by atoms with Crippen molar-refractivity contribution in [3.63, 3.8) is 0 Å². The second-order valence-electron chi connectivity index (χ2n) is 4.30. The highest BCUT2D eigenvalue weighted by atomic mass is 35.5. The standard InChI is InChI=1S/C12H13ClN6O2/c1-2-7-9(11(15)18-12(16)17-7)5-3-6(14)10(13)8(4-5)19(20)21/h3-4H,2,14H2,1H3,(H4,15,16,17,18). The zero-order chi connectivity index (χ0) is 15.7. The van der Waals surface area contributed by atoms with Crippen molar-refractivity contribution < 1.29 is 4.92 Å². The number of rotatable bonds is 3. The third-order valence-electron chi connectivity index (χ3n) is 2.93. The van der Waals surface area contributed by atoms with Crippen LogP contribution in [0.4, 0.5) is 23.1 Å². The van der Waals surface area contributed by atoms with Crippen LogP contribution < -0.4 is 17.2 Å². The van der Waals surface area contributed by atoms with E-state index in [1.54, 1.807) is 0 Å². The SMILES string of the molecule is CCc1nc(N)nc(N)c1-c1cc(N)c(Cl)c([N+](=O)[O-])c1. The summed E-state index contributed by atoms with van der Waals surface area (Å²) >= 11 is 5.84. The van der Waals surface area contributed by atoms with Crippen LogP contribution in [-0.2, 0) is 6.42 Å². The van der Waals surface area contributed by atoms with Crippen LogP contribution in [0, 0.1) is 10.1 Å². The topological polar surface area (TPSA) is 147 Å². The smallest absolute Gasteiger partial charge is 0.290 e. The average Bonchev–Trinajstić information content (AvgIpc) is 2.40. The van der Waals surface area contributed by atoms with Crippen LogP contribution in [-0.4, -0.2) is 14.9 Å². The van der Waals surface area contributed by atoms with Crippen LogP contribution in [0.25, 0.3) is 11.1 Å². The summed E-state index contributed by atoms with van der Waals surface area (Å²) in [7, 11) is 0. The second kappa shape index (κ2) is 5.41. The van der Waals surface area contributed by atoms with Crippen molar-refractivity contribution >= 4 is 34.7 Å². The maximum absolute atomic E-state index is 11.0. The summed E-state index contributed by atoms with van der Waals surface area (Å²) in [5, 5.41) is 10.9. The number of nitro benzene ring substituents is 1. The molecule has 0 spiro atoms. The van der Waals surface area contributed by atoms with Crippen molar-refractivity contribution in [1.29, 1.82) is 0 Å². The fourth-order valence-corrected chi connectivity index (χ4v) is 2.20. The van der Waals surface area contributed by atoms with E-state index in [9.17, 15) is 10.1 Å². The van der Waals surface area contributed by atoms with Crippen molar-refractivity contribution in [3.8, 4) is 11.1 Å². The number of hydrogen-bond acceptors (Lipinski definition) is 7. The molecule has 2 rings (SSSR count). The summed E-state index contributed by atoms with van der Waals surface area (Å²) in [5.74, 6) is 0.180. The van der Waals surface area contributed by atoms with Crippen LogP contribution in [0.5, 0.6) is 0 Å². The van der Waals surface area contributed by atoms with Gasteiger partial charge in [0, 0.05) is 11.6 Å². The Bertz CT molecular complexity index is 734. The molecular weight excluding hydrogens is 296 g/mol. The molecule has 0 amide bonds. The Labute approximate surface area is 125 Å². The number of nitrogens with zero attached hydrogens (tertiary/aromatic N) is 3. The van der Waals surface area contributed by atoms with Gasteiger partial charge < -0.3 is 17.2 Å². The van der Waals surface area contributed by atoms with Gasteiger partial charge in [0.2, 0.25) is 5.95 Å². The minimum absolute atomic E-state index is 0.0459. The molecule has 9 heteroatoms. The molecule has 1 heterocycles. The summed E-state index contributed by atoms with van der Waals surface area (Å²) in [5.41, 5.74) is 18.4. The predicted octanol–water partition coefficient (Wildman–Crippen LogP) is 2.01. The maximum atomic E-state index is 11.0. The van der Waals surface area contributed by atoms with Crippen LogP contribution in [0.2, 0.25) is 5.02 Å². The lowest BCUT2D eigenvalue weighted by Crippen LogP contribution is -2.06. The van der Waals surface area contributed by atoms with E-state index >= 15 is 0 Å². The Balaban J connectivity index is 2.76. The molecule has 0 bridgehead atoms. The van der Waals surface area contributed by atoms with E-state index in [0.29, 0.717) is 23.2 Å². The first-order valence-electron chi connectivity index (χ1n) is 6.00. The zero-order valence-electron chi connectivity index (χ0n) is 11.1. The van der Waals surface area contributed by atoms with Gasteiger partial charge >= 0.3 is 0 Å². The van der Waals surface area contributed by atoms with E-state index in [2.05, 4.69) is 9.97 Å². The number of anilines is 3. The van der Waals surface area contributed by atoms with Gasteiger partial charge in [0.15, 0.2) is 0 Å². The normalized spacial score (nSPS) is 10.6. The van der Waals surface area contributed by atoms with Gasteiger partial charge in [0.25, 0.3) is 5.69 Å². The molecule has 0 aliphatic rings. The number of benzene rings is 1. The Morgan fingerprint density at radius 2 is 1.95 bits per heavy atom. The molecule has 2 aromatic rings. The molecule has 110 valence electrons. The number of nitrogen functional groups attached to an aromatic ring is 3. The van der Waals surface area contributed by atoms with E-state index in [1.807, 2.05) is 6.92 Å². The van der Waals surface area contributed by atoms with Gasteiger partial charge in [-0.1, -0.05) is 18.5 Å². The summed E-state index contributed by atoms with van der Waals surface area (Å²) in [6.45, 7) is 1.86. The molecule has 0 saturated heterocycles. The van der Waals surface area contributed by atoms with Gasteiger partial charge in [-0.15, -0.1) is 0 Å². The van der Waals surface area contributed by atoms with Crippen LogP contribution in [0.15, 0.2) is 12.1 Å². The Morgan fingerprint density at radius 1 is 1.29 bits per heavy atom. The molecule has 0 fully saturated rings. The van der Waals surface area contributed by atoms with Gasteiger partial charge in [-0.25, -0.2) is 4.98 Å². The number of nitrogens with two attached hydrogens (primary N) is 3. The summed E-state index contributed by atoms with van der Waals surface area (Å²) < 4.78 is 0. The van der Waals surface area contributed by atoms with Gasteiger partial charge in [-0.3, -0.25) is 10.1 Å². The zero-order valence-corrected chi connectivity index (χ0v) is 11.9. The van der Waals surface area contributed by atoms with Gasteiger partial charge in [-0.05, 0) is 18.1 Å². The van der Waals surface area contributed by atoms with Crippen molar-refractivity contribution in [1.82, 2.24) is 9.97 Å². The molecular formula is C12H13ClN6O2. The molecule has 21 heavy (non-hydrogen) atoms. The third-order valence-corrected chi connectivity index (χ3v) is 3.34. The molecule has 0 atom stereocenters. The van der Waals surface area contributed by atoms with Gasteiger partial charge in [-0.2, -0.15) is 4.98 Å². The molecule has 0 unspecified atom stereocenters. The molecule has 1 aromatic heterocycles. The molecule has 6 N–H and O–H groups in total. The fraction of sp³-hybridized carbons (Fsp3) is 0.167. The first kappa shape index (κ1) is 14.8. The van der Waals surface area contributed by atoms with Gasteiger partial charge in [0.05, 0.1) is 16.3 Å². The molecule has 0 aliphatic carbocycles.